The lowest BCUT2D eigenvalue weighted by Gasteiger charge is -2.27. The predicted octanol–water partition coefficient (Wildman–Crippen LogP) is 3.52. The number of aryl methyl sites for hydroxylation is 1. The third-order valence-corrected chi connectivity index (χ3v) is 4.57. The van der Waals surface area contributed by atoms with E-state index in [9.17, 15) is 13.2 Å². The summed E-state index contributed by atoms with van der Waals surface area (Å²) in [7, 11) is 0. The summed E-state index contributed by atoms with van der Waals surface area (Å²) in [5, 5.41) is 3.32. The van der Waals surface area contributed by atoms with E-state index in [4.69, 9.17) is 0 Å². The zero-order chi connectivity index (χ0) is 17.3. The maximum absolute atomic E-state index is 13.0. The topological polar surface area (TPSA) is 20.2 Å². The fourth-order valence-corrected chi connectivity index (χ4v) is 3.32. The van der Waals surface area contributed by atoms with Crippen LogP contribution in [-0.4, -0.2) is 35.6 Å². The van der Waals surface area contributed by atoms with Gasteiger partial charge in [0.2, 0.25) is 0 Å². The standard InChI is InChI=1S/C18H22F3N3/c1-13-10-15(12-23-8-6-22-7-9-23)14(2)24(13)17-5-3-4-16(11-17)18(19,20)21/h3-5,10-11,22H,6-9,12H2,1-2H3. The number of hydrogen-bond acceptors (Lipinski definition) is 2. The Labute approximate surface area is 140 Å². The van der Waals surface area contributed by atoms with Crippen molar-refractivity contribution in [3.63, 3.8) is 0 Å². The van der Waals surface area contributed by atoms with Crippen LogP contribution >= 0.6 is 0 Å². The van der Waals surface area contributed by atoms with Crippen molar-refractivity contribution in [2.24, 2.45) is 0 Å². The Morgan fingerprint density at radius 2 is 1.79 bits per heavy atom. The van der Waals surface area contributed by atoms with Crippen molar-refractivity contribution in [2.75, 3.05) is 26.2 Å². The number of halogens is 3. The summed E-state index contributed by atoms with van der Waals surface area (Å²) >= 11 is 0. The van der Waals surface area contributed by atoms with Gasteiger partial charge in [0, 0.05) is 49.8 Å². The average Bonchev–Trinajstić information content (AvgIpc) is 2.82. The first-order chi connectivity index (χ1) is 11.4. The monoisotopic (exact) mass is 337 g/mol. The Morgan fingerprint density at radius 3 is 2.46 bits per heavy atom. The van der Waals surface area contributed by atoms with E-state index in [-0.39, 0.29) is 0 Å². The zero-order valence-corrected chi connectivity index (χ0v) is 14.0. The number of aromatic nitrogens is 1. The highest BCUT2D eigenvalue weighted by Gasteiger charge is 2.30. The van der Waals surface area contributed by atoms with Crippen molar-refractivity contribution >= 4 is 0 Å². The molecule has 1 aromatic carbocycles. The van der Waals surface area contributed by atoms with Crippen LogP contribution in [0.1, 0.15) is 22.5 Å². The summed E-state index contributed by atoms with van der Waals surface area (Å²) in [6.45, 7) is 8.69. The van der Waals surface area contributed by atoms with E-state index in [1.165, 1.54) is 17.7 Å². The smallest absolute Gasteiger partial charge is 0.318 e. The van der Waals surface area contributed by atoms with Crippen LogP contribution in [0, 0.1) is 13.8 Å². The Bertz CT molecular complexity index is 713. The van der Waals surface area contributed by atoms with Crippen molar-refractivity contribution in [3.05, 3.63) is 52.8 Å². The fourth-order valence-electron chi connectivity index (χ4n) is 3.32. The molecule has 0 unspecified atom stereocenters. The number of alkyl halides is 3. The van der Waals surface area contributed by atoms with E-state index in [1.54, 1.807) is 6.07 Å². The minimum absolute atomic E-state index is 0.561. The van der Waals surface area contributed by atoms with Crippen LogP contribution in [0.3, 0.4) is 0 Å². The molecule has 1 fully saturated rings. The Balaban J connectivity index is 1.91. The van der Waals surface area contributed by atoms with Gasteiger partial charge in [-0.2, -0.15) is 13.2 Å². The molecule has 3 nitrogen and oxygen atoms in total. The van der Waals surface area contributed by atoms with Gasteiger partial charge in [0.25, 0.3) is 0 Å². The van der Waals surface area contributed by atoms with Gasteiger partial charge in [0.15, 0.2) is 0 Å². The molecule has 0 atom stereocenters. The van der Waals surface area contributed by atoms with Gasteiger partial charge >= 0.3 is 6.18 Å². The second kappa shape index (κ2) is 6.61. The lowest BCUT2D eigenvalue weighted by Crippen LogP contribution is -2.42. The first kappa shape index (κ1) is 17.0. The normalized spacial score (nSPS) is 16.5. The molecule has 0 saturated carbocycles. The van der Waals surface area contributed by atoms with Gasteiger partial charge in [-0.15, -0.1) is 0 Å². The Morgan fingerprint density at radius 1 is 1.08 bits per heavy atom. The molecule has 1 saturated heterocycles. The van der Waals surface area contributed by atoms with Gasteiger partial charge in [-0.1, -0.05) is 6.07 Å². The lowest BCUT2D eigenvalue weighted by atomic mass is 10.2. The third-order valence-electron chi connectivity index (χ3n) is 4.57. The summed E-state index contributed by atoms with van der Waals surface area (Å²) in [4.78, 5) is 2.37. The second-order valence-electron chi connectivity index (χ2n) is 6.31. The van der Waals surface area contributed by atoms with Crippen LogP contribution < -0.4 is 5.32 Å². The molecule has 1 aliphatic heterocycles. The number of nitrogens with zero attached hydrogens (tertiary/aromatic N) is 2. The van der Waals surface area contributed by atoms with Crippen LogP contribution in [0.4, 0.5) is 13.2 Å². The first-order valence-corrected chi connectivity index (χ1v) is 8.15. The Kier molecular flexibility index (Phi) is 4.69. The van der Waals surface area contributed by atoms with E-state index < -0.39 is 11.7 Å². The molecule has 0 spiro atoms. The lowest BCUT2D eigenvalue weighted by molar-refractivity contribution is -0.137. The third kappa shape index (κ3) is 3.49. The number of nitrogens with one attached hydrogen (secondary N) is 1. The predicted molar refractivity (Wildman–Crippen MR) is 88.4 cm³/mol. The highest BCUT2D eigenvalue weighted by molar-refractivity contribution is 5.43. The van der Waals surface area contributed by atoms with Crippen LogP contribution in [0.15, 0.2) is 30.3 Å². The van der Waals surface area contributed by atoms with Gasteiger partial charge in [0.1, 0.15) is 0 Å². The molecule has 24 heavy (non-hydrogen) atoms. The van der Waals surface area contributed by atoms with E-state index >= 15 is 0 Å². The molecule has 0 aliphatic carbocycles. The van der Waals surface area contributed by atoms with Gasteiger partial charge in [-0.05, 0) is 43.7 Å². The van der Waals surface area contributed by atoms with Crippen molar-refractivity contribution in [2.45, 2.75) is 26.6 Å². The molecule has 0 radical (unpaired) electrons. The molecular weight excluding hydrogens is 315 g/mol. The largest absolute Gasteiger partial charge is 0.416 e. The summed E-state index contributed by atoms with van der Waals surface area (Å²) in [5.74, 6) is 0. The molecule has 0 bridgehead atoms. The summed E-state index contributed by atoms with van der Waals surface area (Å²) < 4.78 is 40.8. The molecule has 2 heterocycles. The molecule has 3 rings (SSSR count). The van der Waals surface area contributed by atoms with E-state index in [0.717, 1.165) is 50.2 Å². The molecule has 6 heteroatoms. The van der Waals surface area contributed by atoms with Gasteiger partial charge < -0.3 is 9.88 Å². The summed E-state index contributed by atoms with van der Waals surface area (Å²) in [6, 6.07) is 7.60. The van der Waals surface area contributed by atoms with Crippen LogP contribution in [0.25, 0.3) is 5.69 Å². The SMILES string of the molecule is Cc1cc(CN2CCNCC2)c(C)n1-c1cccc(C(F)(F)F)c1. The minimum atomic E-state index is -4.32. The number of hydrogen-bond donors (Lipinski definition) is 1. The maximum atomic E-state index is 13.0. The molecule has 1 N–H and O–H groups in total. The minimum Gasteiger partial charge on any atom is -0.318 e. The highest BCUT2D eigenvalue weighted by Crippen LogP contribution is 2.31. The molecule has 2 aromatic rings. The molecule has 1 aromatic heterocycles. The van der Waals surface area contributed by atoms with Gasteiger partial charge in [-0.25, -0.2) is 0 Å². The molecule has 130 valence electrons. The molecule has 1 aliphatic rings. The first-order valence-electron chi connectivity index (χ1n) is 8.15. The van der Waals surface area contributed by atoms with E-state index in [0.29, 0.717) is 5.69 Å². The fraction of sp³-hybridized carbons (Fsp3) is 0.444. The highest BCUT2D eigenvalue weighted by atomic mass is 19.4. The number of rotatable bonds is 3. The zero-order valence-electron chi connectivity index (χ0n) is 14.0. The Hall–Kier alpha value is -1.79. The van der Waals surface area contributed by atoms with Crippen LogP contribution in [0.2, 0.25) is 0 Å². The van der Waals surface area contributed by atoms with Crippen LogP contribution in [-0.2, 0) is 12.7 Å². The quantitative estimate of drug-likeness (QED) is 0.925. The average molecular weight is 337 g/mol. The van der Waals surface area contributed by atoms with Gasteiger partial charge in [0.05, 0.1) is 5.56 Å². The van der Waals surface area contributed by atoms with Crippen molar-refractivity contribution in [3.8, 4) is 5.69 Å². The van der Waals surface area contributed by atoms with E-state index in [2.05, 4.69) is 16.3 Å². The number of benzene rings is 1. The second-order valence-corrected chi connectivity index (χ2v) is 6.31. The number of piperazine rings is 1. The van der Waals surface area contributed by atoms with E-state index in [1.807, 2.05) is 18.4 Å². The van der Waals surface area contributed by atoms with Crippen molar-refractivity contribution in [1.29, 1.82) is 0 Å². The molecular formula is C18H22F3N3. The molecule has 0 amide bonds. The maximum Gasteiger partial charge on any atom is 0.416 e. The van der Waals surface area contributed by atoms with Crippen molar-refractivity contribution in [1.82, 2.24) is 14.8 Å². The van der Waals surface area contributed by atoms with Crippen molar-refractivity contribution < 1.29 is 13.2 Å². The summed E-state index contributed by atoms with van der Waals surface area (Å²) in [6.07, 6.45) is -4.32. The summed E-state index contributed by atoms with van der Waals surface area (Å²) in [5.41, 5.74) is 3.08. The van der Waals surface area contributed by atoms with Crippen LogP contribution in [0.5, 0.6) is 0 Å². The van der Waals surface area contributed by atoms with Gasteiger partial charge in [-0.3, -0.25) is 4.90 Å².